The van der Waals surface area contributed by atoms with E-state index in [1.54, 1.807) is 13.1 Å². The van der Waals surface area contributed by atoms with Crippen molar-refractivity contribution in [3.63, 3.8) is 0 Å². The molecule has 6 nitrogen and oxygen atoms in total. The molecule has 0 bridgehead atoms. The van der Waals surface area contributed by atoms with Crippen molar-refractivity contribution in [2.24, 2.45) is 0 Å². The molecule has 0 spiro atoms. The van der Waals surface area contributed by atoms with Crippen molar-refractivity contribution in [3.8, 4) is 0 Å². The van der Waals surface area contributed by atoms with Gasteiger partial charge in [0, 0.05) is 18.9 Å². The number of amides is 1. The van der Waals surface area contributed by atoms with Gasteiger partial charge in [0.25, 0.3) is 5.91 Å². The first-order chi connectivity index (χ1) is 7.25. The van der Waals surface area contributed by atoms with E-state index in [1.165, 1.54) is 0 Å². The summed E-state index contributed by atoms with van der Waals surface area (Å²) in [7, 11) is 0. The molecule has 0 aromatic carbocycles. The maximum Gasteiger partial charge on any atom is 0.291 e. The Kier molecular flexibility index (Phi) is 2.49. The van der Waals surface area contributed by atoms with Gasteiger partial charge in [-0.15, -0.1) is 5.10 Å². The monoisotopic (exact) mass is 205 g/mol. The van der Waals surface area contributed by atoms with Gasteiger partial charge in [-0.25, -0.2) is 4.98 Å². The molecule has 0 saturated carbocycles. The summed E-state index contributed by atoms with van der Waals surface area (Å²) in [6, 6.07) is 1.89. The zero-order chi connectivity index (χ0) is 10.7. The number of hydrogen-bond donors (Lipinski definition) is 3. The van der Waals surface area contributed by atoms with Gasteiger partial charge in [0.05, 0.1) is 0 Å². The molecular formula is C9H11N5O. The number of rotatable bonds is 3. The Morgan fingerprint density at radius 1 is 1.60 bits per heavy atom. The van der Waals surface area contributed by atoms with Crippen LogP contribution in [0.2, 0.25) is 0 Å². The van der Waals surface area contributed by atoms with Crippen LogP contribution in [-0.4, -0.2) is 26.1 Å². The number of nitrogens with zero attached hydrogens (tertiary/aromatic N) is 2. The van der Waals surface area contributed by atoms with Crippen molar-refractivity contribution in [1.82, 2.24) is 25.5 Å². The second kappa shape index (κ2) is 3.95. The highest BCUT2D eigenvalue weighted by molar-refractivity contribution is 5.90. The summed E-state index contributed by atoms with van der Waals surface area (Å²) in [4.78, 5) is 18.3. The maximum absolute atomic E-state index is 11.5. The predicted molar refractivity (Wildman–Crippen MR) is 53.1 cm³/mol. The number of aryl methyl sites for hydroxylation is 1. The molecule has 2 rings (SSSR count). The van der Waals surface area contributed by atoms with Gasteiger partial charge in [-0.3, -0.25) is 9.89 Å². The Labute approximate surface area is 86.1 Å². The summed E-state index contributed by atoms with van der Waals surface area (Å²) in [5.41, 5.74) is 1.01. The van der Waals surface area contributed by atoms with E-state index < -0.39 is 0 Å². The van der Waals surface area contributed by atoms with Crippen LogP contribution >= 0.6 is 0 Å². The molecule has 2 aromatic heterocycles. The van der Waals surface area contributed by atoms with E-state index in [-0.39, 0.29) is 11.7 Å². The highest BCUT2D eigenvalue weighted by Gasteiger charge is 2.10. The van der Waals surface area contributed by atoms with Gasteiger partial charge >= 0.3 is 0 Å². The maximum atomic E-state index is 11.5. The second-order valence-electron chi connectivity index (χ2n) is 3.15. The lowest BCUT2D eigenvalue weighted by molar-refractivity contribution is 0.0941. The number of carbonyl (C=O) groups is 1. The molecule has 3 N–H and O–H groups in total. The van der Waals surface area contributed by atoms with Crippen molar-refractivity contribution < 1.29 is 4.79 Å². The van der Waals surface area contributed by atoms with Gasteiger partial charge in [-0.05, 0) is 18.6 Å². The van der Waals surface area contributed by atoms with Crippen LogP contribution in [0.25, 0.3) is 0 Å². The van der Waals surface area contributed by atoms with Crippen LogP contribution in [0.5, 0.6) is 0 Å². The predicted octanol–water partition coefficient (Wildman–Crippen LogP) is 0.371. The summed E-state index contributed by atoms with van der Waals surface area (Å²) in [6.07, 6.45) is 3.63. The lowest BCUT2D eigenvalue weighted by Crippen LogP contribution is -2.23. The van der Waals surface area contributed by atoms with Crippen LogP contribution in [0.15, 0.2) is 18.5 Å². The second-order valence-corrected chi connectivity index (χ2v) is 3.15. The van der Waals surface area contributed by atoms with Crippen LogP contribution in [0.4, 0.5) is 0 Å². The van der Waals surface area contributed by atoms with Crippen molar-refractivity contribution in [2.45, 2.75) is 13.5 Å². The Balaban J connectivity index is 1.93. The first-order valence-electron chi connectivity index (χ1n) is 4.54. The first-order valence-corrected chi connectivity index (χ1v) is 4.54. The van der Waals surface area contributed by atoms with E-state index in [0.717, 1.165) is 5.56 Å². The number of nitrogens with one attached hydrogen (secondary N) is 3. The molecular weight excluding hydrogens is 194 g/mol. The summed E-state index contributed by atoms with van der Waals surface area (Å²) in [5, 5.41) is 9.09. The van der Waals surface area contributed by atoms with Gasteiger partial charge in [0.2, 0.25) is 5.82 Å². The molecule has 0 atom stereocenters. The summed E-state index contributed by atoms with van der Waals surface area (Å²) >= 11 is 0. The van der Waals surface area contributed by atoms with Crippen molar-refractivity contribution in [1.29, 1.82) is 0 Å². The zero-order valence-corrected chi connectivity index (χ0v) is 8.24. The van der Waals surface area contributed by atoms with Gasteiger partial charge in [-0.2, -0.15) is 0 Å². The molecule has 0 aliphatic heterocycles. The Morgan fingerprint density at radius 2 is 2.47 bits per heavy atom. The smallest absolute Gasteiger partial charge is 0.291 e. The number of aromatic nitrogens is 4. The molecule has 0 aliphatic rings. The number of aromatic amines is 2. The number of H-pyrrole nitrogens is 2. The van der Waals surface area contributed by atoms with Crippen molar-refractivity contribution in [2.75, 3.05) is 0 Å². The summed E-state index contributed by atoms with van der Waals surface area (Å²) in [6.45, 7) is 2.21. The fourth-order valence-electron chi connectivity index (χ4n) is 1.17. The van der Waals surface area contributed by atoms with E-state index in [9.17, 15) is 4.79 Å². The van der Waals surface area contributed by atoms with Crippen LogP contribution < -0.4 is 5.32 Å². The largest absolute Gasteiger partial charge is 0.367 e. The Hall–Kier alpha value is -2.11. The number of hydrogen-bond acceptors (Lipinski definition) is 3. The number of carbonyl (C=O) groups excluding carboxylic acids is 1. The summed E-state index contributed by atoms with van der Waals surface area (Å²) in [5.74, 6) is 0.519. The average Bonchev–Trinajstić information content (AvgIpc) is 2.84. The molecule has 0 radical (unpaired) electrons. The van der Waals surface area contributed by atoms with Crippen LogP contribution in [0, 0.1) is 6.92 Å². The summed E-state index contributed by atoms with van der Waals surface area (Å²) < 4.78 is 0. The SMILES string of the molecule is Cc1nc(C(=O)NCc2cc[nH]c2)n[nH]1. The molecule has 15 heavy (non-hydrogen) atoms. The van der Waals surface area contributed by atoms with E-state index >= 15 is 0 Å². The van der Waals surface area contributed by atoms with Gasteiger partial charge in [-0.1, -0.05) is 0 Å². The molecule has 1 amide bonds. The molecule has 0 saturated heterocycles. The molecule has 78 valence electrons. The first kappa shape index (κ1) is 9.45. The van der Waals surface area contributed by atoms with Gasteiger partial charge in [0.15, 0.2) is 0 Å². The van der Waals surface area contributed by atoms with Crippen LogP contribution in [0.1, 0.15) is 22.0 Å². The Bertz CT molecular complexity index is 445. The van der Waals surface area contributed by atoms with E-state index in [2.05, 4.69) is 25.5 Å². The lowest BCUT2D eigenvalue weighted by atomic mass is 10.3. The highest BCUT2D eigenvalue weighted by atomic mass is 16.2. The topological polar surface area (TPSA) is 86.5 Å². The molecule has 0 fully saturated rings. The quantitative estimate of drug-likeness (QED) is 0.676. The van der Waals surface area contributed by atoms with E-state index in [0.29, 0.717) is 12.4 Å². The minimum absolute atomic E-state index is 0.169. The fourth-order valence-corrected chi connectivity index (χ4v) is 1.17. The van der Waals surface area contributed by atoms with E-state index in [4.69, 9.17) is 0 Å². The van der Waals surface area contributed by atoms with Crippen LogP contribution in [-0.2, 0) is 6.54 Å². The molecule has 0 unspecified atom stereocenters. The van der Waals surface area contributed by atoms with Gasteiger partial charge < -0.3 is 10.3 Å². The fraction of sp³-hybridized carbons (Fsp3) is 0.222. The minimum atomic E-state index is -0.277. The average molecular weight is 205 g/mol. The van der Waals surface area contributed by atoms with Crippen molar-refractivity contribution in [3.05, 3.63) is 35.7 Å². The molecule has 6 heteroatoms. The third-order valence-electron chi connectivity index (χ3n) is 1.92. The third-order valence-corrected chi connectivity index (χ3v) is 1.92. The zero-order valence-electron chi connectivity index (χ0n) is 8.24. The Morgan fingerprint density at radius 3 is 3.07 bits per heavy atom. The molecule has 2 heterocycles. The standard InChI is InChI=1S/C9H11N5O/c1-6-12-8(14-13-6)9(15)11-5-7-2-3-10-4-7/h2-4,10H,5H2,1H3,(H,11,15)(H,12,13,14). The minimum Gasteiger partial charge on any atom is -0.367 e. The highest BCUT2D eigenvalue weighted by Crippen LogP contribution is 1.96. The van der Waals surface area contributed by atoms with Crippen LogP contribution in [0.3, 0.4) is 0 Å². The third kappa shape index (κ3) is 2.22. The normalized spacial score (nSPS) is 10.2. The van der Waals surface area contributed by atoms with Gasteiger partial charge in [0.1, 0.15) is 5.82 Å². The molecule has 2 aromatic rings. The molecule has 0 aliphatic carbocycles. The van der Waals surface area contributed by atoms with E-state index in [1.807, 2.05) is 12.3 Å². The van der Waals surface area contributed by atoms with Crippen molar-refractivity contribution >= 4 is 5.91 Å². The lowest BCUT2D eigenvalue weighted by Gasteiger charge is -1.98.